The van der Waals surface area contributed by atoms with Gasteiger partial charge in [0.15, 0.2) is 6.23 Å². The van der Waals surface area contributed by atoms with Crippen molar-refractivity contribution in [1.82, 2.24) is 0 Å². The van der Waals surface area contributed by atoms with Gasteiger partial charge in [0, 0.05) is 0 Å². The number of nitriles is 1. The molecule has 2 unspecified atom stereocenters. The Balaban J connectivity index is 3.18. The van der Waals surface area contributed by atoms with E-state index in [4.69, 9.17) is 15.5 Å². The third-order valence-corrected chi connectivity index (χ3v) is 2.30. The molecule has 1 aliphatic heterocycles. The van der Waals surface area contributed by atoms with Crippen molar-refractivity contribution >= 4 is 5.71 Å². The van der Waals surface area contributed by atoms with Crippen LogP contribution in [0.2, 0.25) is 0 Å². The maximum absolute atomic E-state index is 9.45. The minimum atomic E-state index is -1.07. The van der Waals surface area contributed by atoms with E-state index in [0.717, 1.165) is 0 Å². The van der Waals surface area contributed by atoms with Crippen molar-refractivity contribution < 1.29 is 15.3 Å². The summed E-state index contributed by atoms with van der Waals surface area (Å²) in [5.41, 5.74) is 1.01. The van der Waals surface area contributed by atoms with Gasteiger partial charge in [0.05, 0.1) is 30.4 Å². The molecule has 3 N–H and O–H groups in total. The van der Waals surface area contributed by atoms with Crippen LogP contribution in [0.15, 0.2) is 16.1 Å². The van der Waals surface area contributed by atoms with Crippen molar-refractivity contribution in [1.29, 1.82) is 5.26 Å². The van der Waals surface area contributed by atoms with Gasteiger partial charge in [0.25, 0.3) is 0 Å². The van der Waals surface area contributed by atoms with E-state index in [-0.39, 0.29) is 18.8 Å². The van der Waals surface area contributed by atoms with Crippen molar-refractivity contribution in [2.45, 2.75) is 13.2 Å². The number of nitrogens with zero attached hydrogens (tertiary/aromatic N) is 2. The Morgan fingerprint density at radius 2 is 2.14 bits per heavy atom. The first-order chi connectivity index (χ1) is 6.65. The fraction of sp³-hybridized carbons (Fsp3) is 0.556. The molecule has 0 saturated carbocycles. The maximum Gasteiger partial charge on any atom is 0.154 e. The number of hydrogen-bond donors (Lipinski definition) is 3. The van der Waals surface area contributed by atoms with Gasteiger partial charge in [-0.2, -0.15) is 5.26 Å². The molecule has 0 radical (unpaired) electrons. The molecule has 0 spiro atoms. The zero-order valence-electron chi connectivity index (χ0n) is 7.80. The highest BCUT2D eigenvalue weighted by Gasteiger charge is 2.29. The number of aliphatic imine (C=N–C) groups is 1. The molecule has 0 bridgehead atoms. The lowest BCUT2D eigenvalue weighted by molar-refractivity contribution is 0.0838. The molecule has 0 fully saturated rings. The van der Waals surface area contributed by atoms with E-state index in [2.05, 4.69) is 4.99 Å². The molecule has 2 atom stereocenters. The summed E-state index contributed by atoms with van der Waals surface area (Å²) in [5.74, 6) is -0.668. The van der Waals surface area contributed by atoms with Crippen LogP contribution in [-0.2, 0) is 0 Å². The number of aliphatic hydroxyl groups excluding tert-OH is 3. The highest BCUT2D eigenvalue weighted by molar-refractivity contribution is 6.03. The summed E-state index contributed by atoms with van der Waals surface area (Å²) in [5, 5.41) is 36.3. The number of dihydropyridines is 1. The van der Waals surface area contributed by atoms with Gasteiger partial charge in [0.2, 0.25) is 0 Å². The van der Waals surface area contributed by atoms with Crippen LogP contribution in [-0.4, -0.2) is 40.5 Å². The molecule has 14 heavy (non-hydrogen) atoms. The summed E-state index contributed by atoms with van der Waals surface area (Å²) in [6, 6.07) is 1.91. The van der Waals surface area contributed by atoms with Gasteiger partial charge < -0.3 is 15.3 Å². The second kappa shape index (κ2) is 4.33. The van der Waals surface area contributed by atoms with Gasteiger partial charge >= 0.3 is 0 Å². The molecular weight excluding hydrogens is 184 g/mol. The largest absolute Gasteiger partial charge is 0.396 e. The summed E-state index contributed by atoms with van der Waals surface area (Å²) in [6.45, 7) is 0.905. The molecule has 0 aromatic heterocycles. The fourth-order valence-corrected chi connectivity index (χ4v) is 1.50. The van der Waals surface area contributed by atoms with Crippen molar-refractivity contribution in [3.8, 4) is 6.07 Å². The Labute approximate surface area is 81.6 Å². The van der Waals surface area contributed by atoms with Crippen LogP contribution in [0.4, 0.5) is 0 Å². The summed E-state index contributed by atoms with van der Waals surface area (Å²) in [7, 11) is 0. The Morgan fingerprint density at radius 3 is 2.57 bits per heavy atom. The van der Waals surface area contributed by atoms with Gasteiger partial charge in [-0.15, -0.1) is 0 Å². The Hall–Kier alpha value is -1.22. The second-order valence-electron chi connectivity index (χ2n) is 3.09. The molecule has 0 amide bonds. The van der Waals surface area contributed by atoms with Crippen LogP contribution in [0.3, 0.4) is 0 Å². The van der Waals surface area contributed by atoms with Crippen LogP contribution in [0, 0.1) is 17.2 Å². The van der Waals surface area contributed by atoms with Crippen LogP contribution in [0.1, 0.15) is 6.92 Å². The van der Waals surface area contributed by atoms with Crippen molar-refractivity contribution in [2.24, 2.45) is 10.9 Å². The van der Waals surface area contributed by atoms with Gasteiger partial charge in [0.1, 0.15) is 6.07 Å². The van der Waals surface area contributed by atoms with E-state index < -0.39 is 12.1 Å². The number of aliphatic hydroxyl groups is 3. The van der Waals surface area contributed by atoms with Crippen LogP contribution < -0.4 is 0 Å². The topological polar surface area (TPSA) is 96.8 Å². The predicted molar refractivity (Wildman–Crippen MR) is 49.4 cm³/mol. The molecule has 5 nitrogen and oxygen atoms in total. The Bertz CT molecular complexity index is 327. The average molecular weight is 196 g/mol. The molecule has 0 aliphatic carbocycles. The first-order valence-corrected chi connectivity index (χ1v) is 4.23. The van der Waals surface area contributed by atoms with Crippen LogP contribution in [0.5, 0.6) is 0 Å². The molecule has 1 heterocycles. The third-order valence-electron chi connectivity index (χ3n) is 2.30. The zero-order valence-corrected chi connectivity index (χ0v) is 7.80. The van der Waals surface area contributed by atoms with E-state index in [0.29, 0.717) is 11.3 Å². The average Bonchev–Trinajstić information content (AvgIpc) is 2.16. The number of hydrogen-bond acceptors (Lipinski definition) is 5. The first-order valence-electron chi connectivity index (χ1n) is 4.23. The number of allylic oxidation sites excluding steroid dienone is 1. The van der Waals surface area contributed by atoms with Crippen molar-refractivity contribution in [3.05, 3.63) is 11.1 Å². The molecule has 0 aromatic rings. The SMILES string of the molecule is CC1=NC(O)C(CO)C(CO)=C1C#N. The zero-order chi connectivity index (χ0) is 10.7. The molecular formula is C9H12N2O3. The normalized spacial score (nSPS) is 27.2. The quantitative estimate of drug-likeness (QED) is 0.538. The number of rotatable bonds is 2. The van der Waals surface area contributed by atoms with E-state index in [1.54, 1.807) is 6.92 Å². The smallest absolute Gasteiger partial charge is 0.154 e. The van der Waals surface area contributed by atoms with Gasteiger partial charge in [-0.25, -0.2) is 0 Å². The molecule has 0 saturated heterocycles. The van der Waals surface area contributed by atoms with Crippen LogP contribution >= 0.6 is 0 Å². The lowest BCUT2D eigenvalue weighted by Crippen LogP contribution is -2.32. The highest BCUT2D eigenvalue weighted by Crippen LogP contribution is 2.25. The third kappa shape index (κ3) is 1.68. The maximum atomic E-state index is 9.45. The molecule has 1 aliphatic rings. The predicted octanol–water partition coefficient (Wildman–Crippen LogP) is -0.800. The van der Waals surface area contributed by atoms with Gasteiger partial charge in [-0.05, 0) is 12.5 Å². The fourth-order valence-electron chi connectivity index (χ4n) is 1.50. The minimum absolute atomic E-state index is 0.261. The summed E-state index contributed by atoms with van der Waals surface area (Å²) >= 11 is 0. The van der Waals surface area contributed by atoms with Gasteiger partial charge in [-0.3, -0.25) is 4.99 Å². The van der Waals surface area contributed by atoms with E-state index >= 15 is 0 Å². The van der Waals surface area contributed by atoms with Gasteiger partial charge in [-0.1, -0.05) is 0 Å². The Morgan fingerprint density at radius 1 is 1.50 bits per heavy atom. The first kappa shape index (κ1) is 10.9. The van der Waals surface area contributed by atoms with E-state index in [1.165, 1.54) is 0 Å². The molecule has 0 aromatic carbocycles. The van der Waals surface area contributed by atoms with E-state index in [1.807, 2.05) is 6.07 Å². The minimum Gasteiger partial charge on any atom is -0.396 e. The van der Waals surface area contributed by atoms with Crippen LogP contribution in [0.25, 0.3) is 0 Å². The molecule has 76 valence electrons. The van der Waals surface area contributed by atoms with Crippen molar-refractivity contribution in [2.75, 3.05) is 13.2 Å². The monoisotopic (exact) mass is 196 g/mol. The summed E-state index contributed by atoms with van der Waals surface area (Å²) in [6.07, 6.45) is -1.07. The van der Waals surface area contributed by atoms with Crippen molar-refractivity contribution in [3.63, 3.8) is 0 Å². The molecule has 1 rings (SSSR count). The summed E-state index contributed by atoms with van der Waals surface area (Å²) < 4.78 is 0. The standard InChI is InChI=1S/C9H12N2O3/c1-5-6(2-10)7(3-12)8(4-13)9(14)11-5/h8-9,12-14H,3-4H2,1H3. The molecule has 5 heteroatoms. The Kier molecular flexibility index (Phi) is 3.36. The lowest BCUT2D eigenvalue weighted by Gasteiger charge is -2.25. The van der Waals surface area contributed by atoms with E-state index in [9.17, 15) is 5.11 Å². The summed E-state index contributed by atoms with van der Waals surface area (Å²) in [4.78, 5) is 3.81. The highest BCUT2D eigenvalue weighted by atomic mass is 16.3. The lowest BCUT2D eigenvalue weighted by atomic mass is 9.89. The second-order valence-corrected chi connectivity index (χ2v) is 3.09.